The van der Waals surface area contributed by atoms with E-state index in [4.69, 9.17) is 14.6 Å². The van der Waals surface area contributed by atoms with Crippen LogP contribution in [0.2, 0.25) is 0 Å². The Bertz CT molecular complexity index is 1230. The van der Waals surface area contributed by atoms with Gasteiger partial charge in [0.25, 0.3) is 5.91 Å². The molecule has 0 spiro atoms. The number of carboxylic acids is 1. The van der Waals surface area contributed by atoms with Crippen LogP contribution in [0.1, 0.15) is 21.5 Å². The number of nitrogens with zero attached hydrogens (tertiary/aromatic N) is 1. The summed E-state index contributed by atoms with van der Waals surface area (Å²) < 4.78 is 24.3. The van der Waals surface area contributed by atoms with E-state index in [0.29, 0.717) is 22.7 Å². The fraction of sp³-hybridized carbons (Fsp3) is 0.0800. The fourth-order valence-corrected chi connectivity index (χ4v) is 2.90. The molecule has 0 fully saturated rings. The largest absolute Gasteiger partial charge is 0.493 e. The third kappa shape index (κ3) is 5.95. The molecule has 0 radical (unpaired) electrons. The number of nitrogens with one attached hydrogen (secondary N) is 1. The van der Waals surface area contributed by atoms with E-state index < -0.39 is 17.7 Å². The molecule has 0 saturated heterocycles. The van der Waals surface area contributed by atoms with Crippen LogP contribution < -0.4 is 14.8 Å². The van der Waals surface area contributed by atoms with Crippen molar-refractivity contribution < 1.29 is 28.6 Å². The second kappa shape index (κ2) is 10.6. The predicted octanol–water partition coefficient (Wildman–Crippen LogP) is 4.66. The number of rotatable bonds is 8. The number of halogens is 1. The molecule has 0 unspecified atom stereocenters. The fourth-order valence-electron chi connectivity index (χ4n) is 2.90. The van der Waals surface area contributed by atoms with Gasteiger partial charge in [-0.05, 0) is 54.1 Å². The van der Waals surface area contributed by atoms with Crippen LogP contribution in [0.25, 0.3) is 6.08 Å². The van der Waals surface area contributed by atoms with E-state index in [-0.39, 0.29) is 17.7 Å². The summed E-state index contributed by atoms with van der Waals surface area (Å²) in [5, 5.41) is 21.1. The highest BCUT2D eigenvalue weighted by Gasteiger charge is 2.15. The van der Waals surface area contributed by atoms with Crippen LogP contribution in [0.5, 0.6) is 11.5 Å². The summed E-state index contributed by atoms with van der Waals surface area (Å²) in [5.74, 6) is -1.43. The lowest BCUT2D eigenvalue weighted by Gasteiger charge is -2.14. The number of carbonyl (C=O) groups excluding carboxylic acids is 1. The van der Waals surface area contributed by atoms with Crippen molar-refractivity contribution in [2.24, 2.45) is 0 Å². The molecule has 166 valence electrons. The second-order valence-electron chi connectivity index (χ2n) is 6.80. The Morgan fingerprint density at radius 2 is 1.79 bits per heavy atom. The summed E-state index contributed by atoms with van der Waals surface area (Å²) in [6.45, 7) is 0.102. The van der Waals surface area contributed by atoms with E-state index in [1.807, 2.05) is 6.07 Å². The maximum atomic E-state index is 13.1. The van der Waals surface area contributed by atoms with Crippen molar-refractivity contribution in [1.29, 1.82) is 5.26 Å². The molecule has 3 aromatic rings. The number of ether oxygens (including phenoxy) is 2. The topological polar surface area (TPSA) is 109 Å². The summed E-state index contributed by atoms with van der Waals surface area (Å²) in [4.78, 5) is 23.6. The number of benzene rings is 3. The average molecular weight is 446 g/mol. The summed E-state index contributed by atoms with van der Waals surface area (Å²) in [7, 11) is 1.46. The van der Waals surface area contributed by atoms with Gasteiger partial charge in [-0.2, -0.15) is 5.26 Å². The van der Waals surface area contributed by atoms with Gasteiger partial charge in [0, 0.05) is 11.3 Å². The van der Waals surface area contributed by atoms with Gasteiger partial charge in [-0.25, -0.2) is 9.18 Å². The summed E-state index contributed by atoms with van der Waals surface area (Å²) in [5.41, 5.74) is 1.46. The van der Waals surface area contributed by atoms with Crippen LogP contribution in [0, 0.1) is 17.1 Å². The third-order valence-electron chi connectivity index (χ3n) is 4.58. The molecule has 7 nitrogen and oxygen atoms in total. The van der Waals surface area contributed by atoms with Gasteiger partial charge in [-0.3, -0.25) is 4.79 Å². The smallest absolute Gasteiger partial charge is 0.335 e. The summed E-state index contributed by atoms with van der Waals surface area (Å²) >= 11 is 0. The van der Waals surface area contributed by atoms with Crippen molar-refractivity contribution in [3.05, 3.63) is 94.8 Å². The Balaban J connectivity index is 1.84. The van der Waals surface area contributed by atoms with Gasteiger partial charge in [0.1, 0.15) is 24.1 Å². The van der Waals surface area contributed by atoms with Crippen LogP contribution in [0.3, 0.4) is 0 Å². The zero-order valence-corrected chi connectivity index (χ0v) is 17.5. The maximum absolute atomic E-state index is 13.1. The normalized spacial score (nSPS) is 10.8. The lowest BCUT2D eigenvalue weighted by Crippen LogP contribution is -2.13. The molecule has 3 aromatic carbocycles. The number of amides is 1. The van der Waals surface area contributed by atoms with E-state index in [1.165, 1.54) is 49.6 Å². The Morgan fingerprint density at radius 3 is 2.39 bits per heavy atom. The van der Waals surface area contributed by atoms with Crippen LogP contribution in [0.4, 0.5) is 10.1 Å². The van der Waals surface area contributed by atoms with E-state index in [9.17, 15) is 19.2 Å². The molecule has 0 atom stereocenters. The number of anilines is 1. The zero-order valence-electron chi connectivity index (χ0n) is 17.5. The standard InChI is InChI=1S/C25H19FN2O5/c1-32-22-4-2-3-18(23(22)33-15-16-5-7-17(8-6-16)25(30)31)13-19(14-27)24(29)28-21-11-9-20(26)10-12-21/h2-13H,15H2,1H3,(H,28,29)(H,30,31)/b19-13-. The van der Waals surface area contributed by atoms with Crippen molar-refractivity contribution in [2.75, 3.05) is 12.4 Å². The van der Waals surface area contributed by atoms with E-state index in [0.717, 1.165) is 5.56 Å². The molecule has 0 aliphatic heterocycles. The SMILES string of the molecule is COc1cccc(/C=C(/C#N)C(=O)Nc2ccc(F)cc2)c1OCc1ccc(C(=O)O)cc1. The second-order valence-corrected chi connectivity index (χ2v) is 6.80. The van der Waals surface area contributed by atoms with Crippen LogP contribution in [-0.4, -0.2) is 24.1 Å². The first-order valence-electron chi connectivity index (χ1n) is 9.72. The first-order valence-corrected chi connectivity index (χ1v) is 9.72. The Labute approximate surface area is 189 Å². The molecule has 8 heteroatoms. The Hall–Kier alpha value is -4.64. The molecule has 0 saturated carbocycles. The molecule has 0 aliphatic carbocycles. The zero-order chi connectivity index (χ0) is 23.8. The third-order valence-corrected chi connectivity index (χ3v) is 4.58. The molecular formula is C25H19FN2O5. The van der Waals surface area contributed by atoms with Gasteiger partial charge in [-0.1, -0.05) is 24.3 Å². The predicted molar refractivity (Wildman–Crippen MR) is 119 cm³/mol. The van der Waals surface area contributed by atoms with Gasteiger partial charge in [0.2, 0.25) is 0 Å². The van der Waals surface area contributed by atoms with Gasteiger partial charge in [0.05, 0.1) is 12.7 Å². The lowest BCUT2D eigenvalue weighted by atomic mass is 10.1. The highest BCUT2D eigenvalue weighted by molar-refractivity contribution is 6.09. The molecule has 0 heterocycles. The molecule has 33 heavy (non-hydrogen) atoms. The molecular weight excluding hydrogens is 427 g/mol. The van der Waals surface area contributed by atoms with Gasteiger partial charge in [-0.15, -0.1) is 0 Å². The average Bonchev–Trinajstić information content (AvgIpc) is 2.82. The number of hydrogen-bond donors (Lipinski definition) is 2. The van der Waals surface area contributed by atoms with Crippen molar-refractivity contribution in [2.45, 2.75) is 6.61 Å². The van der Waals surface area contributed by atoms with Crippen LogP contribution in [-0.2, 0) is 11.4 Å². The van der Waals surface area contributed by atoms with Crippen LogP contribution >= 0.6 is 0 Å². The van der Waals surface area contributed by atoms with Crippen molar-refractivity contribution in [3.63, 3.8) is 0 Å². The minimum atomic E-state index is -1.03. The van der Waals surface area contributed by atoms with E-state index >= 15 is 0 Å². The highest BCUT2D eigenvalue weighted by atomic mass is 19.1. The van der Waals surface area contributed by atoms with Crippen molar-refractivity contribution >= 4 is 23.6 Å². The number of carboxylic acid groups (broad SMARTS) is 1. The minimum Gasteiger partial charge on any atom is -0.493 e. The number of nitriles is 1. The highest BCUT2D eigenvalue weighted by Crippen LogP contribution is 2.33. The summed E-state index contributed by atoms with van der Waals surface area (Å²) in [6, 6.07) is 18.2. The van der Waals surface area contributed by atoms with E-state index in [1.54, 1.807) is 30.3 Å². The number of methoxy groups -OCH3 is 1. The lowest BCUT2D eigenvalue weighted by molar-refractivity contribution is -0.112. The molecule has 1 amide bonds. The molecule has 3 rings (SSSR count). The molecule has 0 aromatic heterocycles. The first-order chi connectivity index (χ1) is 15.9. The minimum absolute atomic E-state index is 0.102. The Kier molecular flexibility index (Phi) is 7.39. The van der Waals surface area contributed by atoms with Crippen molar-refractivity contribution in [3.8, 4) is 17.6 Å². The number of carbonyl (C=O) groups is 2. The van der Waals surface area contributed by atoms with Gasteiger partial charge in [0.15, 0.2) is 11.5 Å². The molecule has 2 N–H and O–H groups in total. The number of hydrogen-bond acceptors (Lipinski definition) is 5. The monoisotopic (exact) mass is 446 g/mol. The number of para-hydroxylation sites is 1. The van der Waals surface area contributed by atoms with Crippen molar-refractivity contribution in [1.82, 2.24) is 0 Å². The van der Waals surface area contributed by atoms with E-state index in [2.05, 4.69) is 5.32 Å². The Morgan fingerprint density at radius 1 is 1.09 bits per heavy atom. The van der Waals surface area contributed by atoms with Gasteiger partial charge < -0.3 is 19.9 Å². The molecule has 0 aliphatic rings. The first kappa shape index (κ1) is 23.0. The maximum Gasteiger partial charge on any atom is 0.335 e. The quantitative estimate of drug-likeness (QED) is 0.385. The molecule has 0 bridgehead atoms. The van der Waals surface area contributed by atoms with Gasteiger partial charge >= 0.3 is 5.97 Å². The number of aromatic carboxylic acids is 1. The summed E-state index contributed by atoms with van der Waals surface area (Å²) in [6.07, 6.45) is 1.37. The van der Waals surface area contributed by atoms with Crippen LogP contribution in [0.15, 0.2) is 72.3 Å².